The van der Waals surface area contributed by atoms with Crippen LogP contribution >= 0.6 is 23.4 Å². The molecule has 0 saturated heterocycles. The van der Waals surface area contributed by atoms with Gasteiger partial charge in [0.25, 0.3) is 0 Å². The first kappa shape index (κ1) is 17.6. The van der Waals surface area contributed by atoms with E-state index >= 15 is 0 Å². The topological polar surface area (TPSA) is 61.4 Å². The van der Waals surface area contributed by atoms with E-state index in [1.807, 2.05) is 18.2 Å². The number of para-hydroxylation sites is 1. The summed E-state index contributed by atoms with van der Waals surface area (Å²) in [6.07, 6.45) is 3.43. The van der Waals surface area contributed by atoms with Gasteiger partial charge >= 0.3 is 5.56 Å². The number of hydrogen-bond acceptors (Lipinski definition) is 5. The second-order valence-corrected chi connectivity index (χ2v) is 7.07. The lowest BCUT2D eigenvalue weighted by molar-refractivity contribution is 0.413. The molecule has 8 heteroatoms. The van der Waals surface area contributed by atoms with E-state index in [1.165, 1.54) is 29.0 Å². The molecule has 27 heavy (non-hydrogen) atoms. The molecule has 0 spiro atoms. The Balaban J connectivity index is 1.72. The van der Waals surface area contributed by atoms with E-state index in [0.717, 1.165) is 5.75 Å². The number of nitrogens with zero attached hydrogens (tertiary/aromatic N) is 4. The number of methoxy groups -OCH3 is 1. The molecular weight excluding hydrogens is 384 g/mol. The summed E-state index contributed by atoms with van der Waals surface area (Å²) < 4.78 is 8.51. The summed E-state index contributed by atoms with van der Waals surface area (Å²) in [5.74, 6) is 1.18. The van der Waals surface area contributed by atoms with Gasteiger partial charge in [-0.05, 0) is 17.7 Å². The Bertz CT molecular complexity index is 1160. The molecule has 0 aliphatic heterocycles. The molecule has 2 aromatic carbocycles. The van der Waals surface area contributed by atoms with Gasteiger partial charge in [0.15, 0.2) is 10.9 Å². The van der Waals surface area contributed by atoms with Gasteiger partial charge < -0.3 is 4.74 Å². The van der Waals surface area contributed by atoms with Gasteiger partial charge in [0.05, 0.1) is 17.8 Å². The van der Waals surface area contributed by atoms with Crippen molar-refractivity contribution in [2.45, 2.75) is 10.9 Å². The molecule has 0 radical (unpaired) electrons. The van der Waals surface area contributed by atoms with Gasteiger partial charge in [0, 0.05) is 18.1 Å². The van der Waals surface area contributed by atoms with E-state index in [-0.39, 0.29) is 11.2 Å². The van der Waals surface area contributed by atoms with Crippen LogP contribution in [0.25, 0.3) is 11.3 Å². The third-order valence-electron chi connectivity index (χ3n) is 4.06. The number of halogens is 1. The predicted molar refractivity (Wildman–Crippen MR) is 106 cm³/mol. The highest BCUT2D eigenvalue weighted by Gasteiger charge is 2.15. The first-order valence-electron chi connectivity index (χ1n) is 8.15. The van der Waals surface area contributed by atoms with E-state index < -0.39 is 0 Å². The summed E-state index contributed by atoms with van der Waals surface area (Å²) >= 11 is 7.70. The van der Waals surface area contributed by atoms with Crippen molar-refractivity contribution in [2.75, 3.05) is 7.11 Å². The molecule has 4 aromatic rings. The van der Waals surface area contributed by atoms with Gasteiger partial charge in [-0.15, -0.1) is 10.2 Å². The highest BCUT2D eigenvalue weighted by atomic mass is 35.5. The Labute approximate surface area is 164 Å². The quantitative estimate of drug-likeness (QED) is 0.478. The van der Waals surface area contributed by atoms with Gasteiger partial charge in [-0.1, -0.05) is 59.8 Å². The minimum Gasteiger partial charge on any atom is -0.493 e. The Morgan fingerprint density at radius 3 is 2.67 bits per heavy atom. The summed E-state index contributed by atoms with van der Waals surface area (Å²) in [5, 5.41) is 9.35. The molecule has 4 rings (SSSR count). The van der Waals surface area contributed by atoms with Crippen LogP contribution in [-0.4, -0.2) is 26.3 Å². The Hall–Kier alpha value is -2.77. The molecule has 0 aliphatic rings. The van der Waals surface area contributed by atoms with Crippen LogP contribution < -0.4 is 10.3 Å². The minimum absolute atomic E-state index is 0.245. The summed E-state index contributed by atoms with van der Waals surface area (Å²) in [6, 6.07) is 15.3. The normalized spacial score (nSPS) is 11.0. The van der Waals surface area contributed by atoms with Gasteiger partial charge in [-0.25, -0.2) is 0 Å². The molecular formula is C19H15ClN4O2S. The van der Waals surface area contributed by atoms with E-state index in [2.05, 4.69) is 22.3 Å². The van der Waals surface area contributed by atoms with Crippen LogP contribution in [0.15, 0.2) is 70.9 Å². The summed E-state index contributed by atoms with van der Waals surface area (Å²) in [7, 11) is 1.52. The number of ether oxygens (including phenoxy) is 1. The number of hydrogen-bond donors (Lipinski definition) is 0. The van der Waals surface area contributed by atoms with Crippen LogP contribution in [0.5, 0.6) is 5.75 Å². The maximum atomic E-state index is 12.9. The largest absolute Gasteiger partial charge is 0.493 e. The van der Waals surface area contributed by atoms with Crippen LogP contribution in [0.3, 0.4) is 0 Å². The number of fused-ring (bicyclic) bond motifs is 1. The van der Waals surface area contributed by atoms with Crippen molar-refractivity contribution < 1.29 is 4.74 Å². The predicted octanol–water partition coefficient (Wildman–Crippen LogP) is 3.83. The molecule has 6 nitrogen and oxygen atoms in total. The van der Waals surface area contributed by atoms with Crippen molar-refractivity contribution in [2.24, 2.45) is 0 Å². The lowest BCUT2D eigenvalue weighted by atomic mass is 10.2. The number of rotatable bonds is 5. The van der Waals surface area contributed by atoms with Crippen LogP contribution in [0.2, 0.25) is 5.02 Å². The molecule has 2 aromatic heterocycles. The smallest absolute Gasteiger partial charge is 0.300 e. The highest BCUT2D eigenvalue weighted by Crippen LogP contribution is 2.30. The average Bonchev–Trinajstić information content (AvgIpc) is 3.11. The molecule has 0 unspecified atom stereocenters. The Morgan fingerprint density at radius 2 is 1.89 bits per heavy atom. The zero-order chi connectivity index (χ0) is 18.8. The molecule has 2 heterocycles. The van der Waals surface area contributed by atoms with Crippen molar-refractivity contribution in [3.63, 3.8) is 0 Å². The van der Waals surface area contributed by atoms with Crippen molar-refractivity contribution in [3.8, 4) is 11.4 Å². The first-order valence-corrected chi connectivity index (χ1v) is 9.51. The van der Waals surface area contributed by atoms with E-state index in [4.69, 9.17) is 16.3 Å². The van der Waals surface area contributed by atoms with Crippen molar-refractivity contribution >= 4 is 29.0 Å². The fourth-order valence-corrected chi connectivity index (χ4v) is 3.89. The maximum absolute atomic E-state index is 12.9. The van der Waals surface area contributed by atoms with E-state index in [9.17, 15) is 4.79 Å². The number of aromatic nitrogens is 4. The fourth-order valence-electron chi connectivity index (χ4n) is 2.77. The summed E-state index contributed by atoms with van der Waals surface area (Å²) in [6.45, 7) is 0. The lowest BCUT2D eigenvalue weighted by Crippen LogP contribution is -2.20. The second kappa shape index (κ2) is 7.46. The van der Waals surface area contributed by atoms with Crippen molar-refractivity contribution in [1.29, 1.82) is 0 Å². The standard InChI is InChI=1S/C19H15ClN4O2S/c1-26-16-14(20)8-5-9-15(16)23-10-11-24-17(18(23)25)21-22-19(24)27-12-13-6-3-2-4-7-13/h2-11H,12H2,1H3. The molecule has 0 amide bonds. The summed E-state index contributed by atoms with van der Waals surface area (Å²) in [4.78, 5) is 12.9. The molecule has 0 saturated carbocycles. The molecule has 0 N–H and O–H groups in total. The van der Waals surface area contributed by atoms with Gasteiger partial charge in [0.1, 0.15) is 0 Å². The van der Waals surface area contributed by atoms with E-state index in [0.29, 0.717) is 21.6 Å². The van der Waals surface area contributed by atoms with Crippen LogP contribution in [0.1, 0.15) is 5.56 Å². The van der Waals surface area contributed by atoms with Crippen LogP contribution in [-0.2, 0) is 5.75 Å². The summed E-state index contributed by atoms with van der Waals surface area (Å²) in [5.41, 5.74) is 1.68. The van der Waals surface area contributed by atoms with Crippen LogP contribution in [0.4, 0.5) is 0 Å². The monoisotopic (exact) mass is 398 g/mol. The van der Waals surface area contributed by atoms with Crippen molar-refractivity contribution in [1.82, 2.24) is 19.2 Å². The van der Waals surface area contributed by atoms with Crippen LogP contribution in [0, 0.1) is 0 Å². The second-order valence-electron chi connectivity index (χ2n) is 5.72. The van der Waals surface area contributed by atoms with Gasteiger partial charge in [0.2, 0.25) is 5.65 Å². The maximum Gasteiger partial charge on any atom is 0.300 e. The lowest BCUT2D eigenvalue weighted by Gasteiger charge is -2.12. The van der Waals surface area contributed by atoms with Crippen molar-refractivity contribution in [3.05, 3.63) is 81.9 Å². The number of benzene rings is 2. The molecule has 0 bridgehead atoms. The van der Waals surface area contributed by atoms with Gasteiger partial charge in [-0.2, -0.15) is 0 Å². The zero-order valence-corrected chi connectivity index (χ0v) is 15.9. The zero-order valence-electron chi connectivity index (χ0n) is 14.4. The first-order chi connectivity index (χ1) is 13.2. The average molecular weight is 399 g/mol. The Kier molecular flexibility index (Phi) is 4.87. The minimum atomic E-state index is -0.294. The third-order valence-corrected chi connectivity index (χ3v) is 5.37. The molecule has 136 valence electrons. The molecule has 0 fully saturated rings. The Morgan fingerprint density at radius 1 is 1.07 bits per heavy atom. The van der Waals surface area contributed by atoms with E-state index in [1.54, 1.807) is 35.0 Å². The SMILES string of the molecule is COc1c(Cl)cccc1-n1ccn2c(SCc3ccccc3)nnc2c1=O. The third kappa shape index (κ3) is 3.31. The van der Waals surface area contributed by atoms with Gasteiger partial charge in [-0.3, -0.25) is 13.8 Å². The molecule has 0 aliphatic carbocycles. The fraction of sp³-hybridized carbons (Fsp3) is 0.105. The highest BCUT2D eigenvalue weighted by molar-refractivity contribution is 7.98. The number of thioether (sulfide) groups is 1. The molecule has 0 atom stereocenters.